The minimum absolute atomic E-state index is 0.0236. The van der Waals surface area contributed by atoms with Crippen LogP contribution in [0.2, 0.25) is 5.02 Å². The highest BCUT2D eigenvalue weighted by atomic mass is 35.5. The van der Waals surface area contributed by atoms with E-state index in [0.29, 0.717) is 23.9 Å². The quantitative estimate of drug-likeness (QED) is 0.152. The highest BCUT2D eigenvalue weighted by molar-refractivity contribution is 7.92. The van der Waals surface area contributed by atoms with Gasteiger partial charge in [-0.1, -0.05) is 80.0 Å². The fourth-order valence-electron chi connectivity index (χ4n) is 5.09. The van der Waals surface area contributed by atoms with Gasteiger partial charge in [-0.25, -0.2) is 8.42 Å². The fraction of sp³-hybridized carbons (Fsp3) is 0.297. The molecular formula is C37H42ClN3O5S. The molecule has 0 aliphatic heterocycles. The molecule has 4 rings (SSSR count). The number of amides is 2. The van der Waals surface area contributed by atoms with E-state index in [4.69, 9.17) is 16.3 Å². The van der Waals surface area contributed by atoms with Crippen molar-refractivity contribution in [1.82, 2.24) is 10.2 Å². The lowest BCUT2D eigenvalue weighted by Gasteiger charge is -2.34. The van der Waals surface area contributed by atoms with Crippen LogP contribution in [0.25, 0.3) is 0 Å². The van der Waals surface area contributed by atoms with Gasteiger partial charge in [-0.3, -0.25) is 13.9 Å². The van der Waals surface area contributed by atoms with Gasteiger partial charge in [0.2, 0.25) is 11.8 Å². The summed E-state index contributed by atoms with van der Waals surface area (Å²) in [5, 5.41) is 3.39. The van der Waals surface area contributed by atoms with E-state index in [2.05, 4.69) is 5.32 Å². The van der Waals surface area contributed by atoms with E-state index in [0.717, 1.165) is 21.0 Å². The molecule has 0 fully saturated rings. The van der Waals surface area contributed by atoms with Crippen LogP contribution in [0.3, 0.4) is 0 Å². The molecule has 47 heavy (non-hydrogen) atoms. The first-order valence-corrected chi connectivity index (χ1v) is 17.5. The van der Waals surface area contributed by atoms with Crippen LogP contribution in [0.5, 0.6) is 5.75 Å². The molecular weight excluding hydrogens is 634 g/mol. The van der Waals surface area contributed by atoms with Gasteiger partial charge in [0, 0.05) is 24.5 Å². The van der Waals surface area contributed by atoms with Crippen molar-refractivity contribution in [2.45, 2.75) is 51.6 Å². The van der Waals surface area contributed by atoms with Gasteiger partial charge in [-0.05, 0) is 85.0 Å². The minimum Gasteiger partial charge on any atom is -0.494 e. The zero-order chi connectivity index (χ0) is 34.0. The summed E-state index contributed by atoms with van der Waals surface area (Å²) in [5.74, 6) is -0.0770. The average molecular weight is 676 g/mol. The molecule has 1 N–H and O–H groups in total. The number of hydrogen-bond donors (Lipinski definition) is 1. The highest BCUT2D eigenvalue weighted by Gasteiger charge is 2.35. The number of halogens is 1. The number of carbonyl (C=O) groups excluding carboxylic acids is 2. The Morgan fingerprint density at radius 1 is 0.872 bits per heavy atom. The minimum atomic E-state index is -4.25. The molecule has 0 aliphatic rings. The van der Waals surface area contributed by atoms with E-state index >= 15 is 0 Å². The molecule has 4 aromatic rings. The van der Waals surface area contributed by atoms with E-state index < -0.39 is 28.5 Å². The van der Waals surface area contributed by atoms with E-state index in [1.54, 1.807) is 24.3 Å². The Hall–Kier alpha value is -4.34. The van der Waals surface area contributed by atoms with E-state index in [1.165, 1.54) is 29.2 Å². The van der Waals surface area contributed by atoms with Gasteiger partial charge in [0.05, 0.1) is 17.2 Å². The van der Waals surface area contributed by atoms with Gasteiger partial charge >= 0.3 is 0 Å². The van der Waals surface area contributed by atoms with Crippen LogP contribution in [-0.4, -0.2) is 50.9 Å². The van der Waals surface area contributed by atoms with Gasteiger partial charge in [0.15, 0.2) is 0 Å². The fourth-order valence-corrected chi connectivity index (χ4v) is 6.63. The predicted molar refractivity (Wildman–Crippen MR) is 187 cm³/mol. The summed E-state index contributed by atoms with van der Waals surface area (Å²) in [6.07, 6.45) is 0.245. The number of carbonyl (C=O) groups is 2. The number of anilines is 1. The molecule has 10 heteroatoms. The third-order valence-electron chi connectivity index (χ3n) is 7.67. The smallest absolute Gasteiger partial charge is 0.264 e. The molecule has 248 valence electrons. The van der Waals surface area contributed by atoms with Crippen molar-refractivity contribution in [3.8, 4) is 5.75 Å². The summed E-state index contributed by atoms with van der Waals surface area (Å²) in [6.45, 7) is 8.23. The van der Waals surface area contributed by atoms with Gasteiger partial charge in [-0.15, -0.1) is 0 Å². The Morgan fingerprint density at radius 2 is 1.51 bits per heavy atom. The van der Waals surface area contributed by atoms with Crippen molar-refractivity contribution in [1.29, 1.82) is 0 Å². The maximum atomic E-state index is 14.6. The van der Waals surface area contributed by atoms with E-state index in [9.17, 15) is 18.0 Å². The SMILES string of the molecule is CCOc1ccc(N(CC(=O)N(Cc2ccccc2C)C(Cc2ccccc2)C(=O)NCC(C)C)S(=O)(=O)c2ccc(Cl)cc2)cc1. The topological polar surface area (TPSA) is 96.0 Å². The molecule has 0 heterocycles. The van der Waals surface area contributed by atoms with Crippen molar-refractivity contribution in [3.05, 3.63) is 125 Å². The molecule has 4 aromatic carbocycles. The summed E-state index contributed by atoms with van der Waals surface area (Å²) in [7, 11) is -4.25. The van der Waals surface area contributed by atoms with Crippen LogP contribution in [0, 0.1) is 12.8 Å². The van der Waals surface area contributed by atoms with Crippen molar-refractivity contribution < 1.29 is 22.7 Å². The maximum absolute atomic E-state index is 14.6. The van der Waals surface area contributed by atoms with Crippen molar-refractivity contribution in [2.24, 2.45) is 5.92 Å². The molecule has 8 nitrogen and oxygen atoms in total. The average Bonchev–Trinajstić information content (AvgIpc) is 3.06. The lowest BCUT2D eigenvalue weighted by atomic mass is 10.0. The Kier molecular flexibility index (Phi) is 12.4. The molecule has 0 aromatic heterocycles. The van der Waals surface area contributed by atoms with E-state index in [1.807, 2.05) is 82.3 Å². The van der Waals surface area contributed by atoms with Crippen LogP contribution >= 0.6 is 11.6 Å². The predicted octanol–water partition coefficient (Wildman–Crippen LogP) is 6.65. The van der Waals surface area contributed by atoms with Crippen LogP contribution in [0.4, 0.5) is 5.69 Å². The first kappa shape index (κ1) is 35.5. The van der Waals surface area contributed by atoms with Crippen molar-refractivity contribution >= 4 is 39.1 Å². The van der Waals surface area contributed by atoms with Crippen LogP contribution in [0.1, 0.15) is 37.5 Å². The molecule has 0 bridgehead atoms. The van der Waals surface area contributed by atoms with Gasteiger partial charge in [-0.2, -0.15) is 0 Å². The number of rotatable bonds is 15. The van der Waals surface area contributed by atoms with Gasteiger partial charge in [0.25, 0.3) is 10.0 Å². The molecule has 0 radical (unpaired) electrons. The first-order chi connectivity index (χ1) is 22.5. The Balaban J connectivity index is 1.80. The maximum Gasteiger partial charge on any atom is 0.264 e. The number of ether oxygens (including phenoxy) is 1. The van der Waals surface area contributed by atoms with Crippen molar-refractivity contribution in [2.75, 3.05) is 24.0 Å². The normalized spacial score (nSPS) is 12.0. The number of sulfonamides is 1. The third kappa shape index (κ3) is 9.59. The van der Waals surface area contributed by atoms with Crippen LogP contribution in [0.15, 0.2) is 108 Å². The zero-order valence-electron chi connectivity index (χ0n) is 27.2. The third-order valence-corrected chi connectivity index (χ3v) is 9.71. The summed E-state index contributed by atoms with van der Waals surface area (Å²) >= 11 is 6.08. The molecule has 1 unspecified atom stereocenters. The van der Waals surface area contributed by atoms with E-state index in [-0.39, 0.29) is 35.4 Å². The first-order valence-electron chi connectivity index (χ1n) is 15.7. The number of aryl methyl sites for hydroxylation is 1. The molecule has 0 saturated carbocycles. The number of nitrogens with one attached hydrogen (secondary N) is 1. The summed E-state index contributed by atoms with van der Waals surface area (Å²) in [5.41, 5.74) is 2.95. The number of hydrogen-bond acceptors (Lipinski definition) is 5. The Morgan fingerprint density at radius 3 is 2.13 bits per heavy atom. The van der Waals surface area contributed by atoms with Crippen LogP contribution in [-0.2, 0) is 32.6 Å². The highest BCUT2D eigenvalue weighted by Crippen LogP contribution is 2.28. The van der Waals surface area contributed by atoms with Crippen molar-refractivity contribution in [3.63, 3.8) is 0 Å². The standard InChI is InChI=1S/C37H42ClN3O5S/c1-5-46-33-19-17-32(18-20-33)41(47(44,45)34-21-15-31(38)16-22-34)26-36(42)40(25-30-14-10-9-11-28(30)4)35(37(43)39-24-27(2)3)23-29-12-7-6-8-13-29/h6-22,27,35H,5,23-26H2,1-4H3,(H,39,43). The number of nitrogens with zero attached hydrogens (tertiary/aromatic N) is 2. The zero-order valence-corrected chi connectivity index (χ0v) is 28.8. The second-order valence-corrected chi connectivity index (χ2v) is 14.0. The summed E-state index contributed by atoms with van der Waals surface area (Å²) in [6, 6.07) is 28.6. The van der Waals surface area contributed by atoms with Gasteiger partial charge < -0.3 is 15.0 Å². The van der Waals surface area contributed by atoms with Crippen LogP contribution < -0.4 is 14.4 Å². The summed E-state index contributed by atoms with van der Waals surface area (Å²) in [4.78, 5) is 30.0. The Labute approximate surface area is 283 Å². The molecule has 0 spiro atoms. The molecule has 0 aliphatic carbocycles. The molecule has 1 atom stereocenters. The lowest BCUT2D eigenvalue weighted by Crippen LogP contribution is -2.53. The second kappa shape index (κ2) is 16.5. The molecule has 2 amide bonds. The monoisotopic (exact) mass is 675 g/mol. The molecule has 0 saturated heterocycles. The Bertz CT molecular complexity index is 1730. The lowest BCUT2D eigenvalue weighted by molar-refractivity contribution is -0.140. The largest absolute Gasteiger partial charge is 0.494 e. The second-order valence-electron chi connectivity index (χ2n) is 11.7. The van der Waals surface area contributed by atoms with Gasteiger partial charge in [0.1, 0.15) is 18.3 Å². The number of benzene rings is 4. The summed E-state index contributed by atoms with van der Waals surface area (Å²) < 4.78 is 35.0.